The Morgan fingerprint density at radius 2 is 1.96 bits per heavy atom. The van der Waals surface area contributed by atoms with E-state index in [1.165, 1.54) is 0 Å². The first-order valence-electron chi connectivity index (χ1n) is 7.67. The summed E-state index contributed by atoms with van der Waals surface area (Å²) in [5.74, 6) is 1.17. The van der Waals surface area contributed by atoms with E-state index in [4.69, 9.17) is 37.5 Å². The SMILES string of the molecule is COc1ccccc1C1=NOC2(COC(c3ccc(Cl)cc3Cl)=N2)C1. The zero-order valence-corrected chi connectivity index (χ0v) is 14.8. The van der Waals surface area contributed by atoms with Gasteiger partial charge in [-0.2, -0.15) is 4.99 Å². The molecule has 2 aromatic rings. The maximum atomic E-state index is 6.24. The van der Waals surface area contributed by atoms with E-state index >= 15 is 0 Å². The third kappa shape index (κ3) is 2.94. The van der Waals surface area contributed by atoms with Gasteiger partial charge in [0.2, 0.25) is 5.90 Å². The van der Waals surface area contributed by atoms with Gasteiger partial charge < -0.3 is 14.3 Å². The van der Waals surface area contributed by atoms with Gasteiger partial charge in [-0.15, -0.1) is 0 Å². The van der Waals surface area contributed by atoms with E-state index < -0.39 is 5.72 Å². The molecular formula is C18H14Cl2N2O3. The molecule has 0 bridgehead atoms. The highest BCUT2D eigenvalue weighted by molar-refractivity contribution is 6.36. The molecule has 1 atom stereocenters. The van der Waals surface area contributed by atoms with E-state index in [1.54, 1.807) is 25.3 Å². The van der Waals surface area contributed by atoms with E-state index in [9.17, 15) is 0 Å². The molecule has 4 rings (SSSR count). The van der Waals surface area contributed by atoms with Crippen LogP contribution in [0.3, 0.4) is 0 Å². The fourth-order valence-corrected chi connectivity index (χ4v) is 3.35. The molecule has 1 unspecified atom stereocenters. The third-order valence-electron chi connectivity index (χ3n) is 4.09. The minimum absolute atomic E-state index is 0.267. The van der Waals surface area contributed by atoms with E-state index in [-0.39, 0.29) is 6.61 Å². The Morgan fingerprint density at radius 3 is 2.76 bits per heavy atom. The summed E-state index contributed by atoms with van der Waals surface area (Å²) in [4.78, 5) is 10.2. The molecule has 25 heavy (non-hydrogen) atoms. The highest BCUT2D eigenvalue weighted by atomic mass is 35.5. The number of rotatable bonds is 3. The molecule has 0 amide bonds. The van der Waals surface area contributed by atoms with Crippen molar-refractivity contribution >= 4 is 34.8 Å². The fraction of sp³-hybridized carbons (Fsp3) is 0.222. The molecule has 0 aromatic heterocycles. The molecule has 0 N–H and O–H groups in total. The number of methoxy groups -OCH3 is 1. The van der Waals surface area contributed by atoms with Crippen molar-refractivity contribution in [2.75, 3.05) is 13.7 Å². The number of ether oxygens (including phenoxy) is 2. The Labute approximate surface area is 154 Å². The highest BCUT2D eigenvalue weighted by Crippen LogP contribution is 2.36. The molecule has 2 aliphatic heterocycles. The number of hydrogen-bond donors (Lipinski definition) is 0. The second-order valence-electron chi connectivity index (χ2n) is 5.78. The Kier molecular flexibility index (Phi) is 4.06. The Bertz CT molecular complexity index is 898. The summed E-state index contributed by atoms with van der Waals surface area (Å²) in [6, 6.07) is 12.8. The predicted molar refractivity (Wildman–Crippen MR) is 96.9 cm³/mol. The van der Waals surface area contributed by atoms with Crippen LogP contribution in [0.4, 0.5) is 0 Å². The monoisotopic (exact) mass is 376 g/mol. The Morgan fingerprint density at radius 1 is 1.12 bits per heavy atom. The lowest BCUT2D eigenvalue weighted by Gasteiger charge is -2.14. The lowest BCUT2D eigenvalue weighted by atomic mass is 10.0. The van der Waals surface area contributed by atoms with Crippen LogP contribution in [0.2, 0.25) is 10.0 Å². The molecule has 5 nitrogen and oxygen atoms in total. The molecule has 2 aliphatic rings. The topological polar surface area (TPSA) is 52.4 Å². The van der Waals surface area contributed by atoms with Crippen LogP contribution in [0.25, 0.3) is 0 Å². The number of aliphatic imine (C=N–C) groups is 1. The molecule has 0 aliphatic carbocycles. The van der Waals surface area contributed by atoms with Crippen molar-refractivity contribution in [3.05, 3.63) is 63.6 Å². The lowest BCUT2D eigenvalue weighted by molar-refractivity contribution is -0.0277. The van der Waals surface area contributed by atoms with Crippen molar-refractivity contribution in [3.63, 3.8) is 0 Å². The first kappa shape index (κ1) is 16.2. The predicted octanol–water partition coefficient (Wildman–Crippen LogP) is 4.30. The molecule has 0 saturated carbocycles. The second kappa shape index (κ2) is 6.24. The summed E-state index contributed by atoms with van der Waals surface area (Å²) in [6.45, 7) is 0.267. The number of oxime groups is 1. The van der Waals surface area contributed by atoms with Crippen molar-refractivity contribution in [1.29, 1.82) is 0 Å². The summed E-state index contributed by atoms with van der Waals surface area (Å²) in [5, 5.41) is 5.25. The van der Waals surface area contributed by atoms with Gasteiger partial charge in [-0.05, 0) is 30.3 Å². The molecule has 0 fully saturated rings. The van der Waals surface area contributed by atoms with Crippen molar-refractivity contribution < 1.29 is 14.3 Å². The zero-order chi connectivity index (χ0) is 17.4. The van der Waals surface area contributed by atoms with Crippen molar-refractivity contribution in [3.8, 4) is 5.75 Å². The lowest BCUT2D eigenvalue weighted by Crippen LogP contribution is -2.28. The van der Waals surface area contributed by atoms with Gasteiger partial charge in [-0.1, -0.05) is 40.5 Å². The molecular weight excluding hydrogens is 363 g/mol. The van der Waals surface area contributed by atoms with Crippen LogP contribution in [-0.4, -0.2) is 31.1 Å². The molecule has 0 saturated heterocycles. The maximum absolute atomic E-state index is 6.24. The van der Waals surface area contributed by atoms with Crippen LogP contribution in [0.1, 0.15) is 17.5 Å². The number of halogens is 2. The number of para-hydroxylation sites is 1. The summed E-state index contributed by atoms with van der Waals surface area (Å²) in [5.41, 5.74) is 1.47. The maximum Gasteiger partial charge on any atom is 0.269 e. The fourth-order valence-electron chi connectivity index (χ4n) is 2.86. The summed E-state index contributed by atoms with van der Waals surface area (Å²) >= 11 is 12.2. The number of hydrogen-bond acceptors (Lipinski definition) is 5. The first-order valence-corrected chi connectivity index (χ1v) is 8.42. The van der Waals surface area contributed by atoms with E-state index in [0.717, 1.165) is 17.0 Å². The van der Waals surface area contributed by atoms with Crippen LogP contribution in [-0.2, 0) is 9.57 Å². The zero-order valence-electron chi connectivity index (χ0n) is 13.3. The minimum Gasteiger partial charge on any atom is -0.496 e. The molecule has 7 heteroatoms. The summed E-state index contributed by atoms with van der Waals surface area (Å²) < 4.78 is 11.1. The molecule has 2 aromatic carbocycles. The normalized spacial score (nSPS) is 21.6. The summed E-state index contributed by atoms with van der Waals surface area (Å²) in [6.07, 6.45) is 0.488. The van der Waals surface area contributed by atoms with Crippen LogP contribution < -0.4 is 4.74 Å². The van der Waals surface area contributed by atoms with Gasteiger partial charge in [0.05, 0.1) is 29.8 Å². The Balaban J connectivity index is 1.61. The van der Waals surface area contributed by atoms with Gasteiger partial charge in [0.15, 0.2) is 6.61 Å². The van der Waals surface area contributed by atoms with Crippen LogP contribution in [0, 0.1) is 0 Å². The van der Waals surface area contributed by atoms with Gasteiger partial charge >= 0.3 is 0 Å². The average molecular weight is 377 g/mol. The number of nitrogens with zero attached hydrogens (tertiary/aromatic N) is 2. The van der Waals surface area contributed by atoms with E-state index in [1.807, 2.05) is 24.3 Å². The smallest absolute Gasteiger partial charge is 0.269 e. The van der Waals surface area contributed by atoms with Crippen LogP contribution >= 0.6 is 23.2 Å². The third-order valence-corrected chi connectivity index (χ3v) is 4.64. The molecule has 2 heterocycles. The van der Waals surface area contributed by atoms with Gasteiger partial charge in [-0.3, -0.25) is 0 Å². The van der Waals surface area contributed by atoms with E-state index in [2.05, 4.69) is 10.1 Å². The average Bonchev–Trinajstić information content (AvgIpc) is 3.22. The van der Waals surface area contributed by atoms with Gasteiger partial charge in [-0.25, -0.2) is 0 Å². The second-order valence-corrected chi connectivity index (χ2v) is 6.63. The highest BCUT2D eigenvalue weighted by Gasteiger charge is 2.45. The molecule has 0 radical (unpaired) electrons. The summed E-state index contributed by atoms with van der Waals surface area (Å²) in [7, 11) is 1.63. The molecule has 1 spiro atoms. The van der Waals surface area contributed by atoms with Gasteiger partial charge in [0.1, 0.15) is 5.75 Å². The van der Waals surface area contributed by atoms with Gasteiger partial charge in [0, 0.05) is 10.6 Å². The standard InChI is InChI=1S/C18H14Cl2N2O3/c1-23-16-5-3-2-4-13(16)15-9-18(25-22-15)10-24-17(21-18)12-7-6-11(19)8-14(12)20/h2-8H,9-10H2,1H3. The number of benzene rings is 2. The minimum atomic E-state index is -0.867. The van der Waals surface area contributed by atoms with Crippen molar-refractivity contribution in [2.45, 2.75) is 12.1 Å². The van der Waals surface area contributed by atoms with Crippen LogP contribution in [0.15, 0.2) is 52.6 Å². The van der Waals surface area contributed by atoms with Gasteiger partial charge in [0.25, 0.3) is 5.72 Å². The van der Waals surface area contributed by atoms with Crippen molar-refractivity contribution in [1.82, 2.24) is 0 Å². The Hall–Kier alpha value is -2.24. The quantitative estimate of drug-likeness (QED) is 0.802. The first-order chi connectivity index (χ1) is 12.1. The largest absolute Gasteiger partial charge is 0.496 e. The van der Waals surface area contributed by atoms with E-state index in [0.29, 0.717) is 27.9 Å². The molecule has 128 valence electrons. The van der Waals surface area contributed by atoms with Crippen LogP contribution in [0.5, 0.6) is 5.75 Å². The van der Waals surface area contributed by atoms with Crippen molar-refractivity contribution in [2.24, 2.45) is 10.1 Å².